The number of carbonyl (C=O) groups is 2. The van der Waals surface area contributed by atoms with E-state index in [0.717, 1.165) is 31.2 Å². The molecule has 1 atom stereocenters. The lowest BCUT2D eigenvalue weighted by Crippen LogP contribution is -2.43. The van der Waals surface area contributed by atoms with Gasteiger partial charge in [-0.2, -0.15) is 0 Å². The van der Waals surface area contributed by atoms with Crippen LogP contribution in [0.4, 0.5) is 14.6 Å². The molecule has 38 heavy (non-hydrogen) atoms. The number of rotatable bonds is 7. The number of nitrogens with two attached hydrogens (primary N) is 1. The number of halogens is 2. The molecule has 0 saturated heterocycles. The highest BCUT2D eigenvalue weighted by molar-refractivity contribution is 6.05. The summed E-state index contributed by atoms with van der Waals surface area (Å²) in [5.41, 5.74) is 9.02. The van der Waals surface area contributed by atoms with Gasteiger partial charge < -0.3 is 20.7 Å². The second-order valence-electron chi connectivity index (χ2n) is 11.1. The fourth-order valence-corrected chi connectivity index (χ4v) is 5.52. The molecule has 0 unspecified atom stereocenters. The zero-order chi connectivity index (χ0) is 26.3. The van der Waals surface area contributed by atoms with Gasteiger partial charge in [0.1, 0.15) is 17.4 Å². The van der Waals surface area contributed by atoms with E-state index >= 15 is 0 Å². The van der Waals surface area contributed by atoms with Crippen LogP contribution in [0.25, 0.3) is 16.9 Å². The molecule has 11 heteroatoms. The minimum atomic E-state index is -2.74. The Balaban J connectivity index is 1.28. The van der Waals surface area contributed by atoms with Crippen molar-refractivity contribution in [3.63, 3.8) is 0 Å². The summed E-state index contributed by atoms with van der Waals surface area (Å²) in [4.78, 5) is 32.9. The Morgan fingerprint density at radius 3 is 2.68 bits per heavy atom. The Bertz CT molecular complexity index is 1490. The van der Waals surface area contributed by atoms with Gasteiger partial charge in [-0.1, -0.05) is 0 Å². The zero-order valence-electron chi connectivity index (χ0n) is 20.9. The lowest BCUT2D eigenvalue weighted by molar-refractivity contribution is -0.134. The number of nitrogen functional groups attached to an aromatic ring is 1. The van der Waals surface area contributed by atoms with Gasteiger partial charge >= 0.3 is 0 Å². The van der Waals surface area contributed by atoms with Gasteiger partial charge in [0.05, 0.1) is 11.3 Å². The van der Waals surface area contributed by atoms with Crippen LogP contribution in [-0.2, 0) is 6.54 Å². The van der Waals surface area contributed by atoms with Gasteiger partial charge in [-0.15, -0.1) is 5.10 Å². The number of hydrogen-bond acceptors (Lipinski definition) is 6. The fraction of sp³-hybridized carbons (Fsp3) is 0.481. The Labute approximate surface area is 217 Å². The molecule has 0 spiro atoms. The topological polar surface area (TPSA) is 115 Å². The van der Waals surface area contributed by atoms with Crippen molar-refractivity contribution in [2.45, 2.75) is 76.1 Å². The summed E-state index contributed by atoms with van der Waals surface area (Å²) in [5.74, 6) is -2.31. The molecule has 3 fully saturated rings. The van der Waals surface area contributed by atoms with Crippen molar-refractivity contribution in [1.82, 2.24) is 24.8 Å². The number of nitrogens with zero attached hydrogens (tertiary/aromatic N) is 4. The molecule has 2 amide bonds. The molecular weight excluding hydrogens is 494 g/mol. The summed E-state index contributed by atoms with van der Waals surface area (Å²) in [6, 6.07) is 5.58. The molecule has 3 heterocycles. The van der Waals surface area contributed by atoms with Crippen LogP contribution in [0.3, 0.4) is 0 Å². The Kier molecular flexibility index (Phi) is 4.99. The monoisotopic (exact) mass is 522 g/mol. The molecule has 1 aliphatic heterocycles. The van der Waals surface area contributed by atoms with E-state index in [9.17, 15) is 18.4 Å². The van der Waals surface area contributed by atoms with E-state index in [2.05, 4.69) is 17.3 Å². The first-order chi connectivity index (χ1) is 18.2. The van der Waals surface area contributed by atoms with Crippen LogP contribution in [0.1, 0.15) is 71.7 Å². The zero-order valence-corrected chi connectivity index (χ0v) is 20.9. The molecule has 0 bridgehead atoms. The van der Waals surface area contributed by atoms with Crippen LogP contribution < -0.4 is 15.8 Å². The summed E-state index contributed by atoms with van der Waals surface area (Å²) in [5, 5.41) is 7.16. The van der Waals surface area contributed by atoms with Gasteiger partial charge in [0, 0.05) is 43.2 Å². The average Bonchev–Trinajstić information content (AvgIpc) is 3.77. The summed E-state index contributed by atoms with van der Waals surface area (Å²) < 4.78 is 34.6. The van der Waals surface area contributed by atoms with Crippen LogP contribution in [0, 0.1) is 5.92 Å². The SMILES string of the molecule is C[C@@H](C1CC1)N1Cc2cc(-c3ccn4nc(N)c(C(=O)NC5CC5)c4n3)cc(OC3CC(F)(F)C3)c2C1=O. The Hall–Kier alpha value is -3.76. The maximum Gasteiger partial charge on any atom is 0.259 e. The van der Waals surface area contributed by atoms with Crippen molar-refractivity contribution in [2.24, 2.45) is 5.92 Å². The molecular formula is C27H28F2N6O3. The summed E-state index contributed by atoms with van der Waals surface area (Å²) >= 11 is 0. The van der Waals surface area contributed by atoms with Crippen LogP contribution in [0.15, 0.2) is 24.4 Å². The smallest absolute Gasteiger partial charge is 0.259 e. The molecule has 7 rings (SSSR count). The summed E-state index contributed by atoms with van der Waals surface area (Å²) in [7, 11) is 0. The van der Waals surface area contributed by atoms with Crippen LogP contribution in [0.2, 0.25) is 0 Å². The summed E-state index contributed by atoms with van der Waals surface area (Å²) in [6.45, 7) is 2.48. The lowest BCUT2D eigenvalue weighted by atomic mass is 9.90. The third-order valence-corrected chi connectivity index (χ3v) is 8.09. The van der Waals surface area contributed by atoms with Crippen molar-refractivity contribution >= 4 is 23.3 Å². The van der Waals surface area contributed by atoms with E-state index < -0.39 is 12.0 Å². The predicted octanol–water partition coefficient (Wildman–Crippen LogP) is 3.80. The second-order valence-corrected chi connectivity index (χ2v) is 11.1. The highest BCUT2D eigenvalue weighted by atomic mass is 19.3. The highest BCUT2D eigenvalue weighted by Crippen LogP contribution is 2.44. The van der Waals surface area contributed by atoms with Crippen molar-refractivity contribution in [3.8, 4) is 17.0 Å². The van der Waals surface area contributed by atoms with Gasteiger partial charge in [0.25, 0.3) is 17.7 Å². The molecule has 3 saturated carbocycles. The normalized spacial score (nSPS) is 21.3. The van der Waals surface area contributed by atoms with Crippen molar-refractivity contribution in [1.29, 1.82) is 0 Å². The maximum absolute atomic E-state index is 13.6. The molecule has 3 aliphatic carbocycles. The fourth-order valence-electron chi connectivity index (χ4n) is 5.52. The van der Waals surface area contributed by atoms with E-state index in [1.807, 2.05) is 11.0 Å². The Morgan fingerprint density at radius 1 is 1.24 bits per heavy atom. The number of hydrogen-bond donors (Lipinski definition) is 2. The van der Waals surface area contributed by atoms with Crippen LogP contribution in [0.5, 0.6) is 5.75 Å². The minimum Gasteiger partial charge on any atom is -0.489 e. The number of ether oxygens (including phenoxy) is 1. The van der Waals surface area contributed by atoms with Gasteiger partial charge in [0.15, 0.2) is 11.5 Å². The third kappa shape index (κ3) is 3.95. The molecule has 2 aromatic heterocycles. The van der Waals surface area contributed by atoms with E-state index in [0.29, 0.717) is 40.7 Å². The van der Waals surface area contributed by atoms with Crippen molar-refractivity contribution in [3.05, 3.63) is 41.1 Å². The quantitative estimate of drug-likeness (QED) is 0.488. The molecule has 4 aliphatic rings. The lowest BCUT2D eigenvalue weighted by Gasteiger charge is -2.35. The molecule has 198 valence electrons. The molecule has 3 aromatic rings. The van der Waals surface area contributed by atoms with Gasteiger partial charge in [-0.25, -0.2) is 18.3 Å². The van der Waals surface area contributed by atoms with Gasteiger partial charge in [0.2, 0.25) is 0 Å². The number of carbonyl (C=O) groups excluding carboxylic acids is 2. The number of aromatic nitrogens is 3. The van der Waals surface area contributed by atoms with E-state index in [1.54, 1.807) is 18.3 Å². The number of anilines is 1. The summed E-state index contributed by atoms with van der Waals surface area (Å²) in [6.07, 6.45) is 4.34. The highest BCUT2D eigenvalue weighted by Gasteiger charge is 2.48. The minimum absolute atomic E-state index is 0.0898. The average molecular weight is 523 g/mol. The second kappa shape index (κ2) is 8.12. The van der Waals surface area contributed by atoms with Crippen LogP contribution >= 0.6 is 0 Å². The van der Waals surface area contributed by atoms with Crippen molar-refractivity contribution in [2.75, 3.05) is 5.73 Å². The van der Waals surface area contributed by atoms with E-state index in [4.69, 9.17) is 15.5 Å². The number of benzene rings is 1. The maximum atomic E-state index is 13.6. The number of nitrogens with one attached hydrogen (secondary N) is 1. The predicted molar refractivity (Wildman–Crippen MR) is 134 cm³/mol. The first-order valence-electron chi connectivity index (χ1n) is 13.2. The van der Waals surface area contributed by atoms with Crippen molar-refractivity contribution < 1.29 is 23.1 Å². The van der Waals surface area contributed by atoms with Crippen LogP contribution in [-0.4, -0.2) is 55.4 Å². The van der Waals surface area contributed by atoms with Gasteiger partial charge in [-0.05, 0) is 62.3 Å². The standard InChI is InChI=1S/C27H28F2N6O3/c1-13(14-2-3-14)34-12-16-8-15(9-20(21(16)26(34)37)38-18-10-27(28,29)11-18)19-6-7-35-24(32-19)22(23(30)33-35)25(36)31-17-4-5-17/h6-9,13-14,17-18H,2-5,10-12H2,1H3,(H2,30,33)(H,31,36)/t13-/m0/s1. The molecule has 3 N–H and O–H groups in total. The largest absolute Gasteiger partial charge is 0.489 e. The molecule has 0 radical (unpaired) electrons. The number of amides is 2. The number of alkyl halides is 2. The molecule has 9 nitrogen and oxygen atoms in total. The Morgan fingerprint density at radius 2 is 2.00 bits per heavy atom. The van der Waals surface area contributed by atoms with Gasteiger partial charge in [-0.3, -0.25) is 9.59 Å². The third-order valence-electron chi connectivity index (χ3n) is 8.09. The first kappa shape index (κ1) is 23.4. The van der Waals surface area contributed by atoms with E-state index in [1.165, 1.54) is 4.52 Å². The molecule has 1 aromatic carbocycles. The van der Waals surface area contributed by atoms with E-state index in [-0.39, 0.29) is 48.1 Å². The first-order valence-corrected chi connectivity index (χ1v) is 13.2. The number of fused-ring (bicyclic) bond motifs is 2.